The van der Waals surface area contributed by atoms with Crippen molar-refractivity contribution < 1.29 is 42.2 Å². The normalized spacial score (nSPS) is 8.59. The molecule has 2 aromatic rings. The zero-order valence-corrected chi connectivity index (χ0v) is 19.4. The van der Waals surface area contributed by atoms with E-state index in [0.717, 1.165) is 11.4 Å². The number of benzene rings is 2. The summed E-state index contributed by atoms with van der Waals surface area (Å²) in [6.45, 7) is 2.00. The number of hydrogen-bond acceptors (Lipinski definition) is 7. The van der Waals surface area contributed by atoms with Gasteiger partial charge in [0.05, 0.1) is 7.11 Å². The first-order valence-electron chi connectivity index (χ1n) is 6.69. The van der Waals surface area contributed by atoms with Crippen LogP contribution in [0.2, 0.25) is 0 Å². The number of hydrogen-bond donors (Lipinski definition) is 2. The molecular weight excluding hydrogens is 475 g/mol. The molecule has 144 valence electrons. The van der Waals surface area contributed by atoms with Gasteiger partial charge in [-0.3, -0.25) is 4.55 Å². The zero-order valence-electron chi connectivity index (χ0n) is 14.1. The maximum atomic E-state index is 8.75. The number of anilines is 2. The first-order chi connectivity index (χ1) is 12.7. The van der Waals surface area contributed by atoms with Gasteiger partial charge in [-0.2, -0.15) is 0 Å². The van der Waals surface area contributed by atoms with Crippen molar-refractivity contribution in [1.29, 1.82) is 5.39 Å². The summed E-state index contributed by atoms with van der Waals surface area (Å²) in [7, 11) is 6.52. The average molecular weight is 490 g/mol. The van der Waals surface area contributed by atoms with E-state index in [1.807, 2.05) is 43.2 Å². The van der Waals surface area contributed by atoms with E-state index in [1.54, 1.807) is 12.1 Å². The molecule has 0 aliphatic heterocycles. The van der Waals surface area contributed by atoms with Crippen molar-refractivity contribution in [1.82, 2.24) is 0 Å². The van der Waals surface area contributed by atoms with Gasteiger partial charge >= 0.3 is 40.2 Å². The minimum atomic E-state index is -4.92. The summed E-state index contributed by atoms with van der Waals surface area (Å²) < 4.78 is 38.0. The monoisotopic (exact) mass is 487 g/mol. The van der Waals surface area contributed by atoms with Gasteiger partial charge in [0, 0.05) is 23.5 Å². The molecule has 0 bridgehead atoms. The molecule has 27 heavy (non-hydrogen) atoms. The van der Waals surface area contributed by atoms with Crippen LogP contribution in [0.1, 0.15) is 0 Å². The number of ether oxygens (including phenoxy) is 1. The van der Waals surface area contributed by atoms with Crippen LogP contribution in [-0.2, 0) is 30.3 Å². The summed E-state index contributed by atoms with van der Waals surface area (Å²) in [5, 5.41) is 12.0. The molecule has 13 heteroatoms. The molecule has 0 unspecified atom stereocenters. The van der Waals surface area contributed by atoms with Crippen LogP contribution < -0.4 is 10.1 Å². The number of diazo groups is 1. The topological polar surface area (TPSA) is 144 Å². The van der Waals surface area contributed by atoms with Crippen LogP contribution in [0.4, 0.5) is 17.1 Å². The number of halogens is 2. The van der Waals surface area contributed by atoms with E-state index < -0.39 is 25.5 Å². The van der Waals surface area contributed by atoms with E-state index in [4.69, 9.17) is 51.8 Å². The van der Waals surface area contributed by atoms with Crippen LogP contribution in [0.25, 0.3) is 4.98 Å². The Morgan fingerprint density at radius 3 is 2.07 bits per heavy atom. The van der Waals surface area contributed by atoms with Crippen LogP contribution in [0.5, 0.6) is 5.75 Å². The van der Waals surface area contributed by atoms with E-state index in [-0.39, 0.29) is 0 Å². The Morgan fingerprint density at radius 1 is 1.19 bits per heavy atom. The molecule has 2 N–H and O–H groups in total. The first-order valence-corrected chi connectivity index (χ1v) is 15.9. The molecule has 0 radical (unpaired) electrons. The van der Waals surface area contributed by atoms with Crippen LogP contribution in [0.3, 0.4) is 0 Å². The van der Waals surface area contributed by atoms with Gasteiger partial charge in [0.1, 0.15) is 6.79 Å². The fourth-order valence-electron chi connectivity index (χ4n) is 1.53. The number of nitrogens with one attached hydrogen (secondary N) is 1. The van der Waals surface area contributed by atoms with Crippen molar-refractivity contribution in [3.8, 4) is 5.75 Å². The zero-order chi connectivity index (χ0) is 21.3. The Hall–Kier alpha value is -1.80. The molecule has 0 aromatic heterocycles. The molecule has 0 spiro atoms. The standard InChI is InChI=1S/C13H12N3O.CH2O.2ClH.H2O4S.Zn/c1-17-13-9-11(7-8-12(13)16-14)15-10-5-3-2-4-6-10;1-2;;;1-5(2,3)4;/h2-9,15H,1H3;1H2;2*1H;(H2,1,2,3,4);/q+1;;;;;+2/p-3. The van der Waals surface area contributed by atoms with E-state index in [9.17, 15) is 0 Å². The Bertz CT molecular complexity index is 798. The summed E-state index contributed by atoms with van der Waals surface area (Å²) in [5.41, 5.74) is 2.27. The van der Waals surface area contributed by atoms with E-state index in [1.165, 1.54) is 7.11 Å². The second-order valence-electron chi connectivity index (χ2n) is 4.01. The predicted octanol–water partition coefficient (Wildman–Crippen LogP) is 4.12. The number of nitrogens with zero attached hydrogens (tertiary/aromatic N) is 2. The summed E-state index contributed by atoms with van der Waals surface area (Å²) >= 11 is -0.931. The van der Waals surface area contributed by atoms with Gasteiger partial charge in [0.2, 0.25) is 21.5 Å². The van der Waals surface area contributed by atoms with Crippen molar-refractivity contribution in [2.24, 2.45) is 0 Å². The Morgan fingerprint density at radius 2 is 1.67 bits per heavy atom. The molecule has 9 nitrogen and oxygen atoms in total. The third kappa shape index (κ3) is 16.1. The number of methoxy groups -OCH3 is 1. The fourth-order valence-corrected chi connectivity index (χ4v) is 1.53. The number of para-hydroxylation sites is 1. The van der Waals surface area contributed by atoms with E-state index in [2.05, 4.69) is 10.3 Å². The van der Waals surface area contributed by atoms with Crippen LogP contribution in [-0.4, -0.2) is 31.4 Å². The third-order valence-corrected chi connectivity index (χ3v) is 2.35. The maximum absolute atomic E-state index is 8.75. The summed E-state index contributed by atoms with van der Waals surface area (Å²) in [4.78, 5) is 11.1. The van der Waals surface area contributed by atoms with Crippen molar-refractivity contribution >= 4 is 53.6 Å². The number of rotatable bonds is 3. The van der Waals surface area contributed by atoms with Gasteiger partial charge in [-0.15, -0.1) is 0 Å². The quantitative estimate of drug-likeness (QED) is 0.283. The summed E-state index contributed by atoms with van der Waals surface area (Å²) in [5.74, 6) is 0.522. The van der Waals surface area contributed by atoms with Crippen LogP contribution >= 0.6 is 19.4 Å². The first kappa shape index (κ1) is 27.4. The van der Waals surface area contributed by atoms with Gasteiger partial charge in [-0.25, -0.2) is 8.42 Å². The molecule has 0 saturated heterocycles. The van der Waals surface area contributed by atoms with E-state index in [0.29, 0.717) is 11.4 Å². The average Bonchev–Trinajstić information content (AvgIpc) is 2.63. The second-order valence-corrected chi connectivity index (χ2v) is 9.48. The number of carbonyl (C=O) groups is 1. The molecule has 0 heterocycles. The van der Waals surface area contributed by atoms with Gasteiger partial charge in [-0.1, -0.05) is 18.2 Å². The Kier molecular flexibility index (Phi) is 16.6. The van der Waals surface area contributed by atoms with Gasteiger partial charge in [0.15, 0.2) is 4.98 Å². The summed E-state index contributed by atoms with van der Waals surface area (Å²) in [6, 6.07) is 15.1. The Balaban J connectivity index is 0. The van der Waals surface area contributed by atoms with Gasteiger partial charge in [0.25, 0.3) is 0 Å². The second kappa shape index (κ2) is 16.4. The van der Waals surface area contributed by atoms with Gasteiger partial charge < -0.3 is 19.4 Å². The fraction of sp³-hybridized carbons (Fsp3) is 0.0714. The molecule has 2 aromatic carbocycles. The molecule has 0 amide bonds. The van der Waals surface area contributed by atoms with Crippen molar-refractivity contribution in [2.45, 2.75) is 0 Å². The molecule has 0 aliphatic rings. The predicted molar refractivity (Wildman–Crippen MR) is 98.6 cm³/mol. The molecular formula is C14H15Cl2N3O6SZn. The summed E-state index contributed by atoms with van der Waals surface area (Å²) in [6.07, 6.45) is 0. The minimum absolute atomic E-state index is 0.408. The third-order valence-electron chi connectivity index (χ3n) is 2.35. The van der Waals surface area contributed by atoms with Crippen molar-refractivity contribution in [3.63, 3.8) is 0 Å². The molecule has 0 fully saturated rings. The van der Waals surface area contributed by atoms with E-state index >= 15 is 0 Å². The molecule has 0 aliphatic carbocycles. The van der Waals surface area contributed by atoms with Crippen molar-refractivity contribution in [3.05, 3.63) is 53.5 Å². The Labute approximate surface area is 172 Å². The van der Waals surface area contributed by atoms with Crippen LogP contribution in [0, 0.1) is 5.39 Å². The molecule has 0 atom stereocenters. The molecule has 2 rings (SSSR count). The van der Waals surface area contributed by atoms with Crippen LogP contribution in [0.15, 0.2) is 48.5 Å². The molecule has 0 saturated carbocycles. The SMILES string of the molecule is C=O.COc1cc(Nc2ccccc2)ccc1[N+]#N.O=S(=O)([O-])O.[Cl][Zn][Cl]. The number of carbonyl (C=O) groups excluding carboxylic acids is 1. The van der Waals surface area contributed by atoms with Gasteiger partial charge in [-0.05, 0) is 18.2 Å². The van der Waals surface area contributed by atoms with Crippen molar-refractivity contribution in [2.75, 3.05) is 12.4 Å².